The van der Waals surface area contributed by atoms with E-state index in [2.05, 4.69) is 5.32 Å². The SMILES string of the molecule is CC(C)C[C@H](CN)CC(=O)NC(CCC(N)=O)C(=O)O. The molecule has 0 rings (SSSR count). The average molecular weight is 287 g/mol. The molecule has 0 aliphatic heterocycles. The zero-order valence-electron chi connectivity index (χ0n) is 12.1. The van der Waals surface area contributed by atoms with E-state index in [1.165, 1.54) is 0 Å². The van der Waals surface area contributed by atoms with Crippen molar-refractivity contribution in [2.75, 3.05) is 6.54 Å². The number of carbonyl (C=O) groups excluding carboxylic acids is 2. The Bertz CT molecular complexity index is 345. The van der Waals surface area contributed by atoms with Crippen LogP contribution < -0.4 is 16.8 Å². The molecule has 7 nitrogen and oxygen atoms in total. The van der Waals surface area contributed by atoms with Gasteiger partial charge < -0.3 is 21.9 Å². The van der Waals surface area contributed by atoms with Crippen molar-refractivity contribution < 1.29 is 19.5 Å². The number of rotatable bonds is 10. The quantitative estimate of drug-likeness (QED) is 0.442. The van der Waals surface area contributed by atoms with Gasteiger partial charge in [-0.15, -0.1) is 0 Å². The van der Waals surface area contributed by atoms with Crippen LogP contribution in [0, 0.1) is 11.8 Å². The summed E-state index contributed by atoms with van der Waals surface area (Å²) in [6.07, 6.45) is 0.912. The topological polar surface area (TPSA) is 136 Å². The van der Waals surface area contributed by atoms with Crippen molar-refractivity contribution in [2.45, 2.75) is 45.6 Å². The first kappa shape index (κ1) is 18.4. The fourth-order valence-electron chi connectivity index (χ4n) is 1.99. The van der Waals surface area contributed by atoms with Crippen LogP contribution in [-0.2, 0) is 14.4 Å². The lowest BCUT2D eigenvalue weighted by Crippen LogP contribution is -2.42. The maximum absolute atomic E-state index is 11.8. The summed E-state index contributed by atoms with van der Waals surface area (Å²) in [5.74, 6) is -1.68. The third-order valence-electron chi connectivity index (χ3n) is 2.92. The second kappa shape index (κ2) is 9.30. The van der Waals surface area contributed by atoms with E-state index >= 15 is 0 Å². The van der Waals surface area contributed by atoms with Gasteiger partial charge in [-0.05, 0) is 31.2 Å². The number of hydrogen-bond acceptors (Lipinski definition) is 4. The van der Waals surface area contributed by atoms with Crippen LogP contribution in [-0.4, -0.2) is 35.5 Å². The Kier molecular flexibility index (Phi) is 8.54. The highest BCUT2D eigenvalue weighted by Gasteiger charge is 2.22. The molecule has 0 bridgehead atoms. The molecule has 0 radical (unpaired) electrons. The number of hydrogen-bond donors (Lipinski definition) is 4. The van der Waals surface area contributed by atoms with Crippen molar-refractivity contribution in [1.29, 1.82) is 0 Å². The number of carboxylic acid groups (broad SMARTS) is 1. The van der Waals surface area contributed by atoms with E-state index in [0.29, 0.717) is 12.5 Å². The number of carboxylic acids is 1. The van der Waals surface area contributed by atoms with Gasteiger partial charge in [0.25, 0.3) is 0 Å². The normalized spacial score (nSPS) is 13.8. The van der Waals surface area contributed by atoms with Gasteiger partial charge >= 0.3 is 5.97 Å². The maximum atomic E-state index is 11.8. The molecular formula is C13H25N3O4. The molecule has 0 aliphatic rings. The fourth-order valence-corrected chi connectivity index (χ4v) is 1.99. The van der Waals surface area contributed by atoms with Gasteiger partial charge in [-0.3, -0.25) is 9.59 Å². The van der Waals surface area contributed by atoms with E-state index < -0.39 is 17.9 Å². The van der Waals surface area contributed by atoms with Gasteiger partial charge in [-0.25, -0.2) is 4.79 Å². The van der Waals surface area contributed by atoms with E-state index in [1.807, 2.05) is 13.8 Å². The first-order valence-electron chi connectivity index (χ1n) is 6.76. The standard InChI is InChI=1S/C13H25N3O4/c1-8(2)5-9(7-14)6-12(18)16-10(13(19)20)3-4-11(15)17/h8-10H,3-7,14H2,1-2H3,(H2,15,17)(H,16,18)(H,19,20)/t9-,10?/m0/s1. The number of carbonyl (C=O) groups is 3. The van der Waals surface area contributed by atoms with E-state index in [-0.39, 0.29) is 31.1 Å². The van der Waals surface area contributed by atoms with E-state index in [4.69, 9.17) is 16.6 Å². The van der Waals surface area contributed by atoms with Crippen molar-refractivity contribution in [3.05, 3.63) is 0 Å². The maximum Gasteiger partial charge on any atom is 0.326 e. The Labute approximate surface area is 119 Å². The van der Waals surface area contributed by atoms with Crippen LogP contribution in [0.15, 0.2) is 0 Å². The zero-order valence-corrected chi connectivity index (χ0v) is 12.1. The van der Waals surface area contributed by atoms with E-state index in [0.717, 1.165) is 6.42 Å². The third-order valence-corrected chi connectivity index (χ3v) is 2.92. The summed E-state index contributed by atoms with van der Waals surface area (Å²) in [5, 5.41) is 11.4. The van der Waals surface area contributed by atoms with Crippen molar-refractivity contribution >= 4 is 17.8 Å². The third kappa shape index (κ3) is 8.47. The minimum Gasteiger partial charge on any atom is -0.480 e. The molecule has 2 amide bonds. The van der Waals surface area contributed by atoms with Crippen LogP contribution in [0.25, 0.3) is 0 Å². The van der Waals surface area contributed by atoms with Crippen LogP contribution in [0.5, 0.6) is 0 Å². The summed E-state index contributed by atoms with van der Waals surface area (Å²) >= 11 is 0. The highest BCUT2D eigenvalue weighted by Crippen LogP contribution is 2.14. The number of nitrogens with one attached hydrogen (secondary N) is 1. The molecule has 0 aromatic heterocycles. The molecule has 6 N–H and O–H groups in total. The second-order valence-corrected chi connectivity index (χ2v) is 5.40. The largest absolute Gasteiger partial charge is 0.480 e. The predicted molar refractivity (Wildman–Crippen MR) is 74.6 cm³/mol. The Morgan fingerprint density at radius 1 is 1.25 bits per heavy atom. The molecule has 0 aromatic carbocycles. The Hall–Kier alpha value is -1.63. The molecule has 20 heavy (non-hydrogen) atoms. The van der Waals surface area contributed by atoms with Crippen LogP contribution in [0.1, 0.15) is 39.5 Å². The molecule has 0 fully saturated rings. The lowest BCUT2D eigenvalue weighted by Gasteiger charge is -2.19. The smallest absolute Gasteiger partial charge is 0.326 e. The molecule has 0 aliphatic carbocycles. The van der Waals surface area contributed by atoms with Crippen molar-refractivity contribution in [3.63, 3.8) is 0 Å². The van der Waals surface area contributed by atoms with Gasteiger partial charge in [0.1, 0.15) is 6.04 Å². The Morgan fingerprint density at radius 3 is 2.25 bits per heavy atom. The number of amides is 2. The molecule has 7 heteroatoms. The van der Waals surface area contributed by atoms with Gasteiger partial charge in [-0.1, -0.05) is 13.8 Å². The van der Waals surface area contributed by atoms with Crippen molar-refractivity contribution in [2.24, 2.45) is 23.3 Å². The van der Waals surface area contributed by atoms with Crippen molar-refractivity contribution in [3.8, 4) is 0 Å². The van der Waals surface area contributed by atoms with Crippen LogP contribution in [0.4, 0.5) is 0 Å². The Balaban J connectivity index is 4.37. The minimum absolute atomic E-state index is 0.00607. The van der Waals surface area contributed by atoms with Crippen LogP contribution in [0.2, 0.25) is 0 Å². The summed E-state index contributed by atoms with van der Waals surface area (Å²) in [6, 6.07) is -1.09. The van der Waals surface area contributed by atoms with Gasteiger partial charge in [0.2, 0.25) is 11.8 Å². The molecular weight excluding hydrogens is 262 g/mol. The molecule has 0 saturated carbocycles. The molecule has 2 atom stereocenters. The van der Waals surface area contributed by atoms with Crippen molar-refractivity contribution in [1.82, 2.24) is 5.32 Å². The van der Waals surface area contributed by atoms with Crippen LogP contribution >= 0.6 is 0 Å². The van der Waals surface area contributed by atoms with Gasteiger partial charge in [0, 0.05) is 12.8 Å². The molecule has 116 valence electrons. The summed E-state index contributed by atoms with van der Waals surface area (Å²) < 4.78 is 0. The molecule has 0 heterocycles. The number of aliphatic carboxylic acids is 1. The minimum atomic E-state index is -1.17. The van der Waals surface area contributed by atoms with Gasteiger partial charge in [0.05, 0.1) is 0 Å². The summed E-state index contributed by atoms with van der Waals surface area (Å²) in [7, 11) is 0. The molecule has 0 saturated heterocycles. The first-order valence-corrected chi connectivity index (χ1v) is 6.76. The summed E-state index contributed by atoms with van der Waals surface area (Å²) in [4.78, 5) is 33.5. The lowest BCUT2D eigenvalue weighted by molar-refractivity contribution is -0.142. The summed E-state index contributed by atoms with van der Waals surface area (Å²) in [6.45, 7) is 4.45. The second-order valence-electron chi connectivity index (χ2n) is 5.40. The van der Waals surface area contributed by atoms with Gasteiger partial charge in [0.15, 0.2) is 0 Å². The van der Waals surface area contributed by atoms with E-state index in [9.17, 15) is 14.4 Å². The average Bonchev–Trinajstić information content (AvgIpc) is 2.32. The predicted octanol–water partition coefficient (Wildman–Crippen LogP) is -0.168. The summed E-state index contributed by atoms with van der Waals surface area (Å²) in [5.41, 5.74) is 10.6. The molecule has 1 unspecified atom stereocenters. The monoisotopic (exact) mass is 287 g/mol. The fraction of sp³-hybridized carbons (Fsp3) is 0.769. The lowest BCUT2D eigenvalue weighted by atomic mass is 9.94. The number of primary amides is 1. The highest BCUT2D eigenvalue weighted by molar-refractivity contribution is 5.84. The van der Waals surface area contributed by atoms with E-state index in [1.54, 1.807) is 0 Å². The Morgan fingerprint density at radius 2 is 1.85 bits per heavy atom. The van der Waals surface area contributed by atoms with Crippen LogP contribution in [0.3, 0.4) is 0 Å². The molecule has 0 spiro atoms. The highest BCUT2D eigenvalue weighted by atomic mass is 16.4. The number of nitrogens with two attached hydrogens (primary N) is 2. The zero-order chi connectivity index (χ0) is 15.7. The molecule has 0 aromatic rings. The first-order chi connectivity index (χ1) is 9.26. The van der Waals surface area contributed by atoms with Gasteiger partial charge in [-0.2, -0.15) is 0 Å².